The largest absolute Gasteiger partial charge is 0.419 e. The fourth-order valence-corrected chi connectivity index (χ4v) is 6.17. The molecule has 3 heterocycles. The number of benzene rings is 2. The van der Waals surface area contributed by atoms with E-state index in [0.29, 0.717) is 16.7 Å². The van der Waals surface area contributed by atoms with Gasteiger partial charge in [0, 0.05) is 10.3 Å². The van der Waals surface area contributed by atoms with Gasteiger partial charge < -0.3 is 25.4 Å². The highest BCUT2D eigenvalue weighted by Crippen LogP contribution is 2.51. The lowest BCUT2D eigenvalue weighted by Crippen LogP contribution is -2.71. The maximum absolute atomic E-state index is 13.2. The van der Waals surface area contributed by atoms with Gasteiger partial charge >= 0.3 is 11.9 Å². The Kier molecular flexibility index (Phi) is 6.69. The zero-order valence-electron chi connectivity index (χ0n) is 18.9. The number of nitrogens with zero attached hydrogens (tertiary/aromatic N) is 1. The number of ether oxygens (including phenoxy) is 2. The van der Waals surface area contributed by atoms with E-state index in [-0.39, 0.29) is 22.9 Å². The van der Waals surface area contributed by atoms with E-state index in [1.54, 1.807) is 48.5 Å². The van der Waals surface area contributed by atoms with E-state index in [1.165, 1.54) is 16.7 Å². The Balaban J connectivity index is 0.00000289. The molecule has 9 nitrogen and oxygen atoms in total. The molecule has 2 fully saturated rings. The second-order valence-corrected chi connectivity index (χ2v) is 10.7. The number of hydrogen-bond donors (Lipinski definition) is 2. The van der Waals surface area contributed by atoms with Crippen LogP contribution in [0.1, 0.15) is 47.7 Å². The van der Waals surface area contributed by atoms with Gasteiger partial charge in [-0.2, -0.15) is 0 Å². The van der Waals surface area contributed by atoms with Crippen molar-refractivity contribution in [2.24, 2.45) is 5.73 Å². The average Bonchev–Trinajstić information content (AvgIpc) is 3.28. The first-order valence-corrected chi connectivity index (χ1v) is 11.7. The molecule has 35 heavy (non-hydrogen) atoms. The van der Waals surface area contributed by atoms with Crippen LogP contribution < -0.4 is 11.1 Å². The van der Waals surface area contributed by atoms with Crippen LogP contribution in [0.3, 0.4) is 0 Å². The standard InChI is InChI=1S/C24H23N3O6S.BrH/c1-24(2)17(22(31)33-23-14-11-7-6-10-13(14)21(30)32-23)27-19(29)16(20(27)34-24)26-18(28)15(25)12-8-4-3-5-9-12;/h3-11,15-17,20,23H,25H2,1-2H3,(H,26,28);1H/t15-,16-,17+,20-,23?;/m1./s1. The maximum atomic E-state index is 13.2. The van der Waals surface area contributed by atoms with E-state index in [0.717, 1.165) is 0 Å². The SMILES string of the molecule is Br.CC1(C)S[C@@H]2[C@H](NC(=O)[C@H](N)c3ccccc3)C(=O)N2[C@H]1C(=O)OC1OC(=O)c2ccccc21. The number of thioether (sulfide) groups is 1. The van der Waals surface area contributed by atoms with Crippen LogP contribution in [0.4, 0.5) is 0 Å². The Hall–Kier alpha value is -2.89. The summed E-state index contributed by atoms with van der Waals surface area (Å²) in [6.07, 6.45) is -1.16. The van der Waals surface area contributed by atoms with Crippen molar-refractivity contribution in [1.29, 1.82) is 0 Å². The molecule has 0 radical (unpaired) electrons. The highest BCUT2D eigenvalue weighted by Gasteiger charge is 2.65. The molecular weight excluding hydrogens is 538 g/mol. The number of β-lactam (4-membered cyclic amide) rings is 1. The molecular formula is C24H24BrN3O6S. The molecule has 5 atom stereocenters. The van der Waals surface area contributed by atoms with Crippen molar-refractivity contribution >= 4 is 52.5 Å². The van der Waals surface area contributed by atoms with E-state index >= 15 is 0 Å². The first kappa shape index (κ1) is 25.2. The predicted molar refractivity (Wildman–Crippen MR) is 132 cm³/mol. The summed E-state index contributed by atoms with van der Waals surface area (Å²) < 4.78 is 10.1. The third-order valence-electron chi connectivity index (χ3n) is 6.28. The van der Waals surface area contributed by atoms with Crippen molar-refractivity contribution in [3.63, 3.8) is 0 Å². The number of nitrogens with one attached hydrogen (secondary N) is 1. The van der Waals surface area contributed by atoms with Crippen molar-refractivity contribution in [1.82, 2.24) is 10.2 Å². The molecule has 0 aliphatic carbocycles. The van der Waals surface area contributed by atoms with Gasteiger partial charge in [-0.1, -0.05) is 48.5 Å². The van der Waals surface area contributed by atoms with Crippen molar-refractivity contribution in [2.45, 2.75) is 48.4 Å². The molecule has 2 aromatic carbocycles. The Bertz CT molecular complexity index is 1190. The molecule has 3 N–H and O–H groups in total. The number of nitrogens with two attached hydrogens (primary N) is 1. The highest BCUT2D eigenvalue weighted by molar-refractivity contribution is 8.93. The lowest BCUT2D eigenvalue weighted by molar-refractivity contribution is -0.180. The molecule has 2 amide bonds. The predicted octanol–water partition coefficient (Wildman–Crippen LogP) is 2.22. The van der Waals surface area contributed by atoms with E-state index in [1.807, 2.05) is 19.9 Å². The number of esters is 2. The highest BCUT2D eigenvalue weighted by atomic mass is 79.9. The van der Waals surface area contributed by atoms with Crippen LogP contribution in [-0.4, -0.2) is 50.9 Å². The van der Waals surface area contributed by atoms with Crippen LogP contribution in [-0.2, 0) is 23.9 Å². The van der Waals surface area contributed by atoms with Gasteiger partial charge in [0.25, 0.3) is 6.29 Å². The molecule has 0 bridgehead atoms. The van der Waals surface area contributed by atoms with Crippen LogP contribution in [0.2, 0.25) is 0 Å². The number of rotatable bonds is 5. The lowest BCUT2D eigenvalue weighted by Gasteiger charge is -2.44. The molecule has 2 aromatic rings. The van der Waals surface area contributed by atoms with Gasteiger partial charge in [-0.25, -0.2) is 9.59 Å². The van der Waals surface area contributed by atoms with Crippen LogP contribution in [0.25, 0.3) is 0 Å². The van der Waals surface area contributed by atoms with E-state index in [4.69, 9.17) is 15.2 Å². The minimum atomic E-state index is -1.16. The van der Waals surface area contributed by atoms with Crippen LogP contribution in [0.15, 0.2) is 54.6 Å². The second kappa shape index (κ2) is 9.29. The molecule has 11 heteroatoms. The summed E-state index contributed by atoms with van der Waals surface area (Å²) in [4.78, 5) is 52.3. The molecule has 0 saturated carbocycles. The van der Waals surface area contributed by atoms with Gasteiger partial charge in [0.1, 0.15) is 23.5 Å². The number of hydrogen-bond acceptors (Lipinski definition) is 8. The van der Waals surface area contributed by atoms with Gasteiger partial charge in [-0.15, -0.1) is 28.7 Å². The molecule has 0 aromatic heterocycles. The number of carbonyl (C=O) groups is 4. The Morgan fingerprint density at radius 1 is 1.11 bits per heavy atom. The van der Waals surface area contributed by atoms with Crippen molar-refractivity contribution < 1.29 is 28.7 Å². The van der Waals surface area contributed by atoms with Gasteiger partial charge in [-0.3, -0.25) is 9.59 Å². The van der Waals surface area contributed by atoms with Gasteiger partial charge in [0.2, 0.25) is 11.8 Å². The third-order valence-corrected chi connectivity index (χ3v) is 7.85. The topological polar surface area (TPSA) is 128 Å². The van der Waals surface area contributed by atoms with E-state index in [2.05, 4.69) is 5.32 Å². The van der Waals surface area contributed by atoms with Crippen LogP contribution in [0.5, 0.6) is 0 Å². The number of cyclic esters (lactones) is 1. The van der Waals surface area contributed by atoms with Crippen LogP contribution >= 0.6 is 28.7 Å². The molecule has 5 rings (SSSR count). The Morgan fingerprint density at radius 3 is 2.49 bits per heavy atom. The summed E-state index contributed by atoms with van der Waals surface area (Å²) in [5, 5.41) is 2.29. The number of amides is 2. The smallest absolute Gasteiger partial charge is 0.342 e. The number of fused-ring (bicyclic) bond motifs is 2. The first-order chi connectivity index (χ1) is 16.2. The zero-order chi connectivity index (χ0) is 24.2. The maximum Gasteiger partial charge on any atom is 0.342 e. The minimum absolute atomic E-state index is 0. The second-order valence-electron chi connectivity index (χ2n) is 8.90. The third kappa shape index (κ3) is 4.21. The Labute approximate surface area is 216 Å². The van der Waals surface area contributed by atoms with Gasteiger partial charge in [0.05, 0.1) is 5.56 Å². The molecule has 3 aliphatic rings. The normalized spacial score (nSPS) is 26.4. The molecule has 0 spiro atoms. The van der Waals surface area contributed by atoms with E-state index in [9.17, 15) is 19.2 Å². The summed E-state index contributed by atoms with van der Waals surface area (Å²) in [7, 11) is 0. The summed E-state index contributed by atoms with van der Waals surface area (Å²) >= 11 is 1.40. The first-order valence-electron chi connectivity index (χ1n) is 10.8. The lowest BCUT2D eigenvalue weighted by atomic mass is 9.95. The van der Waals surface area contributed by atoms with Crippen molar-refractivity contribution in [2.75, 3.05) is 0 Å². The summed E-state index contributed by atoms with van der Waals surface area (Å²) in [6.45, 7) is 3.66. The monoisotopic (exact) mass is 561 g/mol. The fourth-order valence-electron chi connectivity index (χ4n) is 4.55. The summed E-state index contributed by atoms with van der Waals surface area (Å²) in [6, 6.07) is 12.9. The van der Waals surface area contributed by atoms with Gasteiger partial charge in [0.15, 0.2) is 0 Å². The Morgan fingerprint density at radius 2 is 1.77 bits per heavy atom. The molecule has 2 saturated heterocycles. The van der Waals surface area contributed by atoms with Gasteiger partial charge in [-0.05, 0) is 25.5 Å². The summed E-state index contributed by atoms with van der Waals surface area (Å²) in [5.74, 6) is -2.09. The number of carbonyl (C=O) groups excluding carboxylic acids is 4. The number of halogens is 1. The fraction of sp³-hybridized carbons (Fsp3) is 0.333. The molecule has 3 aliphatic heterocycles. The summed E-state index contributed by atoms with van der Waals surface area (Å²) in [5.41, 5.74) is 7.51. The zero-order valence-corrected chi connectivity index (χ0v) is 21.4. The van der Waals surface area contributed by atoms with Crippen molar-refractivity contribution in [3.05, 3.63) is 71.3 Å². The average molecular weight is 562 g/mol. The minimum Gasteiger partial charge on any atom is -0.419 e. The van der Waals surface area contributed by atoms with Crippen molar-refractivity contribution in [3.8, 4) is 0 Å². The van der Waals surface area contributed by atoms with E-state index < -0.39 is 52.4 Å². The molecule has 1 unspecified atom stereocenters. The molecule has 184 valence electrons. The quantitative estimate of drug-likeness (QED) is 0.420. The van der Waals surface area contributed by atoms with Crippen LogP contribution in [0, 0.1) is 0 Å².